The molecule has 102 valence electrons. The second-order valence-corrected chi connectivity index (χ2v) is 5.17. The molecule has 1 aromatic rings. The van der Waals surface area contributed by atoms with Gasteiger partial charge in [0.2, 0.25) is 0 Å². The third-order valence-corrected chi connectivity index (χ3v) is 3.20. The van der Waals surface area contributed by atoms with Crippen LogP contribution in [0.15, 0.2) is 18.2 Å². The minimum atomic E-state index is -1.00. The highest BCUT2D eigenvalue weighted by molar-refractivity contribution is 5.30. The monoisotopic (exact) mass is 256 g/mol. The number of halogens is 1. The van der Waals surface area contributed by atoms with Crippen LogP contribution in [0, 0.1) is 11.7 Å². The molecule has 4 heteroatoms. The van der Waals surface area contributed by atoms with Crippen LogP contribution in [0.25, 0.3) is 0 Å². The number of hydrogen-bond donors (Lipinski definition) is 2. The molecule has 0 spiro atoms. The van der Waals surface area contributed by atoms with Crippen LogP contribution in [0.4, 0.5) is 4.39 Å². The Morgan fingerprint density at radius 1 is 1.33 bits per heavy atom. The summed E-state index contributed by atoms with van der Waals surface area (Å²) in [5, 5.41) is 19.3. The van der Waals surface area contributed by atoms with E-state index in [1.807, 2.05) is 13.8 Å². The average Bonchev–Trinajstić information content (AvgIpc) is 2.26. The maximum absolute atomic E-state index is 13.7. The second kappa shape index (κ2) is 5.67. The highest BCUT2D eigenvalue weighted by atomic mass is 19.1. The van der Waals surface area contributed by atoms with Gasteiger partial charge in [-0.2, -0.15) is 0 Å². The normalized spacial score (nSPS) is 16.4. The van der Waals surface area contributed by atoms with Crippen molar-refractivity contribution in [1.29, 1.82) is 0 Å². The number of hydrogen-bond acceptors (Lipinski definition) is 3. The SMILES string of the molecule is CC(C)C(C)(O)COc1ccc([C@@H](C)O)cc1F. The van der Waals surface area contributed by atoms with Crippen LogP contribution in [0.1, 0.15) is 39.4 Å². The molecule has 1 unspecified atom stereocenters. The molecule has 18 heavy (non-hydrogen) atoms. The number of aliphatic hydroxyl groups is 2. The largest absolute Gasteiger partial charge is 0.488 e. The van der Waals surface area contributed by atoms with Gasteiger partial charge < -0.3 is 14.9 Å². The topological polar surface area (TPSA) is 49.7 Å². The molecule has 3 nitrogen and oxygen atoms in total. The molecule has 0 radical (unpaired) electrons. The van der Waals surface area contributed by atoms with Gasteiger partial charge in [-0.05, 0) is 37.5 Å². The van der Waals surface area contributed by atoms with Crippen LogP contribution in [-0.2, 0) is 0 Å². The quantitative estimate of drug-likeness (QED) is 0.851. The average molecular weight is 256 g/mol. The van der Waals surface area contributed by atoms with Crippen molar-refractivity contribution in [3.05, 3.63) is 29.6 Å². The molecule has 0 fully saturated rings. The summed E-state index contributed by atoms with van der Waals surface area (Å²) in [6.07, 6.45) is -0.715. The molecule has 0 saturated heterocycles. The van der Waals surface area contributed by atoms with Crippen molar-refractivity contribution in [2.75, 3.05) is 6.61 Å². The Morgan fingerprint density at radius 2 is 1.94 bits per heavy atom. The first-order valence-electron chi connectivity index (χ1n) is 6.06. The number of benzene rings is 1. The van der Waals surface area contributed by atoms with Crippen molar-refractivity contribution in [1.82, 2.24) is 0 Å². The number of aliphatic hydroxyl groups excluding tert-OH is 1. The van der Waals surface area contributed by atoms with Crippen molar-refractivity contribution in [3.63, 3.8) is 0 Å². The van der Waals surface area contributed by atoms with Crippen LogP contribution in [0.2, 0.25) is 0 Å². The first kappa shape index (κ1) is 14.9. The Hall–Kier alpha value is -1.13. The molecule has 2 N–H and O–H groups in total. The van der Waals surface area contributed by atoms with Crippen molar-refractivity contribution in [2.45, 2.75) is 39.4 Å². The van der Waals surface area contributed by atoms with Crippen molar-refractivity contribution >= 4 is 0 Å². The predicted octanol–water partition coefficient (Wildman–Crippen LogP) is 2.66. The predicted molar refractivity (Wildman–Crippen MR) is 68.0 cm³/mol. The molecule has 0 aromatic heterocycles. The standard InChI is InChI=1S/C14H21FO3/c1-9(2)14(4,17)8-18-13-6-5-11(10(3)16)7-12(13)15/h5-7,9-10,16-17H,8H2,1-4H3/t10-,14?/m1/s1. The van der Waals surface area contributed by atoms with E-state index in [-0.39, 0.29) is 18.3 Å². The molecule has 0 heterocycles. The molecule has 1 aromatic carbocycles. The molecule has 2 atom stereocenters. The highest BCUT2D eigenvalue weighted by Crippen LogP contribution is 2.24. The summed E-state index contributed by atoms with van der Waals surface area (Å²) in [4.78, 5) is 0. The zero-order valence-electron chi connectivity index (χ0n) is 11.3. The number of ether oxygens (including phenoxy) is 1. The minimum absolute atomic E-state index is 0.0114. The van der Waals surface area contributed by atoms with Gasteiger partial charge in [-0.3, -0.25) is 0 Å². The molecule has 0 amide bonds. The Kier molecular flexibility index (Phi) is 4.71. The Balaban J connectivity index is 2.75. The smallest absolute Gasteiger partial charge is 0.165 e. The van der Waals surface area contributed by atoms with Gasteiger partial charge in [-0.1, -0.05) is 19.9 Å². The fourth-order valence-corrected chi connectivity index (χ4v) is 1.28. The zero-order valence-corrected chi connectivity index (χ0v) is 11.3. The summed E-state index contributed by atoms with van der Waals surface area (Å²) in [5.41, 5.74) is -0.509. The Morgan fingerprint density at radius 3 is 2.39 bits per heavy atom. The van der Waals surface area contributed by atoms with Crippen LogP contribution < -0.4 is 4.74 Å². The van der Waals surface area contributed by atoms with Crippen molar-refractivity contribution < 1.29 is 19.3 Å². The van der Waals surface area contributed by atoms with Crippen LogP contribution >= 0.6 is 0 Å². The van der Waals surface area contributed by atoms with Crippen molar-refractivity contribution in [3.8, 4) is 5.75 Å². The van der Waals surface area contributed by atoms with Gasteiger partial charge in [-0.25, -0.2) is 4.39 Å². The third kappa shape index (κ3) is 3.68. The van der Waals surface area contributed by atoms with E-state index in [0.717, 1.165) is 0 Å². The Bertz CT molecular complexity index is 400. The fraction of sp³-hybridized carbons (Fsp3) is 0.571. The zero-order chi connectivity index (χ0) is 13.9. The van der Waals surface area contributed by atoms with Crippen LogP contribution in [0.3, 0.4) is 0 Å². The Labute approximate surface area is 107 Å². The fourth-order valence-electron chi connectivity index (χ4n) is 1.28. The molecule has 1 rings (SSSR count). The van der Waals surface area contributed by atoms with E-state index in [2.05, 4.69) is 0 Å². The summed E-state index contributed by atoms with van der Waals surface area (Å²) in [6, 6.07) is 4.31. The lowest BCUT2D eigenvalue weighted by molar-refractivity contribution is -0.0275. The highest BCUT2D eigenvalue weighted by Gasteiger charge is 2.26. The van der Waals surface area contributed by atoms with E-state index in [0.29, 0.717) is 5.56 Å². The van der Waals surface area contributed by atoms with Crippen molar-refractivity contribution in [2.24, 2.45) is 5.92 Å². The molecular weight excluding hydrogens is 235 g/mol. The first-order valence-corrected chi connectivity index (χ1v) is 6.06. The van der Waals surface area contributed by atoms with E-state index >= 15 is 0 Å². The van der Waals surface area contributed by atoms with E-state index in [9.17, 15) is 14.6 Å². The molecule has 0 bridgehead atoms. The molecule has 0 saturated carbocycles. The van der Waals surface area contributed by atoms with Gasteiger partial charge in [0.05, 0.1) is 11.7 Å². The van der Waals surface area contributed by atoms with E-state index < -0.39 is 17.5 Å². The summed E-state index contributed by atoms with van der Waals surface area (Å²) in [6.45, 7) is 6.99. The van der Waals surface area contributed by atoms with Gasteiger partial charge in [0.1, 0.15) is 6.61 Å². The maximum atomic E-state index is 13.7. The lowest BCUT2D eigenvalue weighted by atomic mass is 9.94. The maximum Gasteiger partial charge on any atom is 0.165 e. The van der Waals surface area contributed by atoms with Gasteiger partial charge in [0.25, 0.3) is 0 Å². The molecule has 0 aliphatic rings. The summed E-state index contributed by atoms with van der Waals surface area (Å²) < 4.78 is 19.0. The number of rotatable bonds is 5. The summed E-state index contributed by atoms with van der Waals surface area (Å²) >= 11 is 0. The molecule has 0 aliphatic heterocycles. The third-order valence-electron chi connectivity index (χ3n) is 3.20. The van der Waals surface area contributed by atoms with Crippen LogP contribution in [-0.4, -0.2) is 22.4 Å². The van der Waals surface area contributed by atoms with Gasteiger partial charge in [-0.15, -0.1) is 0 Å². The van der Waals surface area contributed by atoms with Crippen LogP contribution in [0.5, 0.6) is 5.75 Å². The van der Waals surface area contributed by atoms with E-state index in [1.54, 1.807) is 19.9 Å². The molecule has 0 aliphatic carbocycles. The lowest BCUT2D eigenvalue weighted by Crippen LogP contribution is -2.37. The summed E-state index contributed by atoms with van der Waals surface area (Å²) in [7, 11) is 0. The van der Waals surface area contributed by atoms with E-state index in [1.165, 1.54) is 12.1 Å². The first-order chi connectivity index (χ1) is 8.24. The van der Waals surface area contributed by atoms with Gasteiger partial charge in [0.15, 0.2) is 11.6 Å². The second-order valence-electron chi connectivity index (χ2n) is 5.17. The van der Waals surface area contributed by atoms with Gasteiger partial charge in [0, 0.05) is 0 Å². The molecular formula is C14H21FO3. The van der Waals surface area contributed by atoms with Gasteiger partial charge >= 0.3 is 0 Å². The van der Waals surface area contributed by atoms with E-state index in [4.69, 9.17) is 4.74 Å². The minimum Gasteiger partial charge on any atom is -0.488 e. The lowest BCUT2D eigenvalue weighted by Gasteiger charge is -2.27. The summed E-state index contributed by atoms with van der Waals surface area (Å²) in [5.74, 6) is -0.439.